The van der Waals surface area contributed by atoms with Crippen molar-refractivity contribution in [1.82, 2.24) is 15.0 Å². The zero-order chi connectivity index (χ0) is 13.8. The lowest BCUT2D eigenvalue weighted by molar-refractivity contribution is 0.851. The smallest absolute Gasteiger partial charge is 0.243 e. The fourth-order valence-electron chi connectivity index (χ4n) is 1.49. The number of hydrogen-bond acceptors (Lipinski definition) is 8. The summed E-state index contributed by atoms with van der Waals surface area (Å²) in [6, 6.07) is 2.19. The standard InChI is InChI=1S/C11H17N7S/c1-7(8-4-5-19-6-8)13-9-14-10(17-12)16-11(15-9)18(2)3/h4-7H,12H2,1-3H3,(H2,13,14,15,16,17). The maximum Gasteiger partial charge on any atom is 0.243 e. The van der Waals surface area contributed by atoms with Crippen LogP contribution in [-0.4, -0.2) is 29.0 Å². The average Bonchev–Trinajstić information content (AvgIpc) is 2.92. The highest BCUT2D eigenvalue weighted by atomic mass is 32.1. The van der Waals surface area contributed by atoms with E-state index in [2.05, 4.69) is 44.1 Å². The molecular weight excluding hydrogens is 262 g/mol. The number of nitrogens with zero attached hydrogens (tertiary/aromatic N) is 4. The van der Waals surface area contributed by atoms with Gasteiger partial charge in [-0.05, 0) is 29.3 Å². The number of hydrazine groups is 1. The van der Waals surface area contributed by atoms with E-state index in [1.54, 1.807) is 16.2 Å². The first-order chi connectivity index (χ1) is 9.10. The lowest BCUT2D eigenvalue weighted by Crippen LogP contribution is -2.19. The third-order valence-corrected chi connectivity index (χ3v) is 3.24. The molecule has 2 aromatic heterocycles. The molecule has 0 saturated carbocycles. The largest absolute Gasteiger partial charge is 0.347 e. The lowest BCUT2D eigenvalue weighted by atomic mass is 10.2. The molecule has 0 fully saturated rings. The summed E-state index contributed by atoms with van der Waals surface area (Å²) < 4.78 is 0. The van der Waals surface area contributed by atoms with E-state index in [1.807, 2.05) is 19.5 Å². The van der Waals surface area contributed by atoms with Crippen LogP contribution in [0.15, 0.2) is 16.8 Å². The molecule has 1 atom stereocenters. The topological polar surface area (TPSA) is 92.0 Å². The Hall–Kier alpha value is -1.93. The van der Waals surface area contributed by atoms with Gasteiger partial charge in [-0.1, -0.05) is 0 Å². The van der Waals surface area contributed by atoms with Crippen molar-refractivity contribution in [2.75, 3.05) is 29.7 Å². The molecule has 2 rings (SSSR count). The minimum atomic E-state index is 0.120. The lowest BCUT2D eigenvalue weighted by Gasteiger charge is -2.16. The second kappa shape index (κ2) is 5.81. The number of nitrogens with one attached hydrogen (secondary N) is 2. The van der Waals surface area contributed by atoms with Gasteiger partial charge in [-0.15, -0.1) is 0 Å². The summed E-state index contributed by atoms with van der Waals surface area (Å²) in [5.74, 6) is 6.73. The molecule has 19 heavy (non-hydrogen) atoms. The van der Waals surface area contributed by atoms with Gasteiger partial charge in [-0.2, -0.15) is 26.3 Å². The van der Waals surface area contributed by atoms with Crippen LogP contribution in [0, 0.1) is 0 Å². The fraction of sp³-hybridized carbons (Fsp3) is 0.364. The van der Waals surface area contributed by atoms with E-state index >= 15 is 0 Å². The maximum atomic E-state index is 5.37. The van der Waals surface area contributed by atoms with Crippen LogP contribution < -0.4 is 21.5 Å². The molecule has 0 spiro atoms. The van der Waals surface area contributed by atoms with E-state index in [-0.39, 0.29) is 6.04 Å². The highest BCUT2D eigenvalue weighted by molar-refractivity contribution is 7.07. The fourth-order valence-corrected chi connectivity index (χ4v) is 2.25. The van der Waals surface area contributed by atoms with E-state index in [9.17, 15) is 0 Å². The third kappa shape index (κ3) is 3.30. The van der Waals surface area contributed by atoms with Gasteiger partial charge >= 0.3 is 0 Å². The quantitative estimate of drug-likeness (QED) is 0.563. The van der Waals surface area contributed by atoms with E-state index in [0.29, 0.717) is 17.8 Å². The highest BCUT2D eigenvalue weighted by Crippen LogP contribution is 2.20. The molecule has 7 nitrogen and oxygen atoms in total. The van der Waals surface area contributed by atoms with Gasteiger partial charge in [0.2, 0.25) is 17.8 Å². The predicted octanol–water partition coefficient (Wildman–Crippen LogP) is 1.46. The van der Waals surface area contributed by atoms with Crippen LogP contribution in [0.25, 0.3) is 0 Å². The van der Waals surface area contributed by atoms with Crippen LogP contribution in [0.3, 0.4) is 0 Å². The summed E-state index contributed by atoms with van der Waals surface area (Å²) in [6.45, 7) is 2.05. The Morgan fingerprint density at radius 2 is 2.00 bits per heavy atom. The van der Waals surface area contributed by atoms with Gasteiger partial charge in [0.25, 0.3) is 0 Å². The Labute approximate surface area is 115 Å². The van der Waals surface area contributed by atoms with Crippen LogP contribution in [0.4, 0.5) is 17.8 Å². The summed E-state index contributed by atoms with van der Waals surface area (Å²) in [6.07, 6.45) is 0. The van der Waals surface area contributed by atoms with Gasteiger partial charge in [0.05, 0.1) is 6.04 Å². The maximum absolute atomic E-state index is 5.37. The number of anilines is 3. The first kappa shape index (κ1) is 13.5. The predicted molar refractivity (Wildman–Crippen MR) is 78.3 cm³/mol. The number of aromatic nitrogens is 3. The molecule has 4 N–H and O–H groups in total. The molecule has 0 saturated heterocycles. The van der Waals surface area contributed by atoms with Crippen molar-refractivity contribution in [2.24, 2.45) is 5.84 Å². The first-order valence-corrected chi connectivity index (χ1v) is 6.73. The van der Waals surface area contributed by atoms with Crippen LogP contribution in [-0.2, 0) is 0 Å². The van der Waals surface area contributed by atoms with Crippen molar-refractivity contribution >= 4 is 29.2 Å². The van der Waals surface area contributed by atoms with Gasteiger partial charge in [-0.3, -0.25) is 5.43 Å². The zero-order valence-electron chi connectivity index (χ0n) is 11.1. The summed E-state index contributed by atoms with van der Waals surface area (Å²) in [5.41, 5.74) is 3.64. The zero-order valence-corrected chi connectivity index (χ0v) is 11.9. The van der Waals surface area contributed by atoms with Crippen LogP contribution in [0.5, 0.6) is 0 Å². The molecule has 102 valence electrons. The molecule has 1 unspecified atom stereocenters. The second-order valence-corrected chi connectivity index (χ2v) is 5.02. The SMILES string of the molecule is CC(Nc1nc(NN)nc(N(C)C)n1)c1ccsc1. The van der Waals surface area contributed by atoms with Crippen molar-refractivity contribution in [3.63, 3.8) is 0 Å². The van der Waals surface area contributed by atoms with Gasteiger partial charge in [0, 0.05) is 14.1 Å². The molecular formula is C11H17N7S. The highest BCUT2D eigenvalue weighted by Gasteiger charge is 2.11. The van der Waals surface area contributed by atoms with Gasteiger partial charge in [-0.25, -0.2) is 5.84 Å². The monoisotopic (exact) mass is 279 g/mol. The van der Waals surface area contributed by atoms with E-state index < -0.39 is 0 Å². The molecule has 0 radical (unpaired) electrons. The number of hydrogen-bond donors (Lipinski definition) is 3. The number of nitrogens with two attached hydrogens (primary N) is 1. The van der Waals surface area contributed by atoms with Crippen LogP contribution in [0.1, 0.15) is 18.5 Å². The summed E-state index contributed by atoms with van der Waals surface area (Å²) >= 11 is 1.66. The summed E-state index contributed by atoms with van der Waals surface area (Å²) in [7, 11) is 3.73. The van der Waals surface area contributed by atoms with Gasteiger partial charge in [0.1, 0.15) is 0 Å². The molecule has 2 aromatic rings. The average molecular weight is 279 g/mol. The number of rotatable bonds is 5. The number of thiophene rings is 1. The minimum Gasteiger partial charge on any atom is -0.347 e. The van der Waals surface area contributed by atoms with Crippen molar-refractivity contribution in [1.29, 1.82) is 0 Å². The first-order valence-electron chi connectivity index (χ1n) is 5.79. The van der Waals surface area contributed by atoms with E-state index in [1.165, 1.54) is 5.56 Å². The molecule has 0 aliphatic rings. The molecule has 0 aliphatic heterocycles. The van der Waals surface area contributed by atoms with Crippen molar-refractivity contribution in [3.05, 3.63) is 22.4 Å². The van der Waals surface area contributed by atoms with Crippen molar-refractivity contribution in [3.8, 4) is 0 Å². The normalized spacial score (nSPS) is 12.0. The summed E-state index contributed by atoms with van der Waals surface area (Å²) in [4.78, 5) is 14.5. The molecule has 0 aromatic carbocycles. The number of nitrogen functional groups attached to an aromatic ring is 1. The molecule has 8 heteroatoms. The van der Waals surface area contributed by atoms with Crippen molar-refractivity contribution in [2.45, 2.75) is 13.0 Å². The Bertz CT molecular complexity index is 526. The van der Waals surface area contributed by atoms with Crippen LogP contribution in [0.2, 0.25) is 0 Å². The van der Waals surface area contributed by atoms with Crippen LogP contribution >= 0.6 is 11.3 Å². The third-order valence-electron chi connectivity index (χ3n) is 2.54. The molecule has 0 amide bonds. The van der Waals surface area contributed by atoms with Crippen molar-refractivity contribution < 1.29 is 0 Å². The Balaban J connectivity index is 2.21. The Morgan fingerprint density at radius 3 is 2.58 bits per heavy atom. The Morgan fingerprint density at radius 1 is 1.26 bits per heavy atom. The van der Waals surface area contributed by atoms with Gasteiger partial charge in [0.15, 0.2) is 0 Å². The van der Waals surface area contributed by atoms with Gasteiger partial charge < -0.3 is 10.2 Å². The molecule has 2 heterocycles. The van der Waals surface area contributed by atoms with E-state index in [0.717, 1.165) is 0 Å². The molecule has 0 bridgehead atoms. The summed E-state index contributed by atoms with van der Waals surface area (Å²) in [5, 5.41) is 7.37. The molecule has 0 aliphatic carbocycles. The second-order valence-electron chi connectivity index (χ2n) is 4.24. The van der Waals surface area contributed by atoms with E-state index in [4.69, 9.17) is 5.84 Å². The Kier molecular flexibility index (Phi) is 4.13. The minimum absolute atomic E-state index is 0.120.